The minimum Gasteiger partial charge on any atom is -0.319 e. The van der Waals surface area contributed by atoms with Crippen molar-refractivity contribution in [2.75, 3.05) is 13.6 Å². The van der Waals surface area contributed by atoms with Crippen LogP contribution < -0.4 is 5.32 Å². The van der Waals surface area contributed by atoms with E-state index in [0.717, 1.165) is 36.6 Å². The van der Waals surface area contributed by atoms with Gasteiger partial charge in [-0.15, -0.1) is 0 Å². The lowest BCUT2D eigenvalue weighted by molar-refractivity contribution is 0.562. The highest BCUT2D eigenvalue weighted by atomic mass is 35.5. The Hall–Kier alpha value is -1.32. The predicted octanol–water partition coefficient (Wildman–Crippen LogP) is 3.66. The second-order valence-electron chi connectivity index (χ2n) is 5.28. The van der Waals surface area contributed by atoms with Crippen LogP contribution in [-0.2, 0) is 19.4 Å². The van der Waals surface area contributed by atoms with Gasteiger partial charge in [-0.25, -0.2) is 0 Å². The highest BCUT2D eigenvalue weighted by molar-refractivity contribution is 6.31. The minimum absolute atomic E-state index is 0.357. The van der Waals surface area contributed by atoms with E-state index in [1.54, 1.807) is 0 Å². The van der Waals surface area contributed by atoms with Gasteiger partial charge in [0.2, 0.25) is 0 Å². The van der Waals surface area contributed by atoms with Gasteiger partial charge in [0.15, 0.2) is 0 Å². The van der Waals surface area contributed by atoms with Gasteiger partial charge in [0.05, 0.1) is 5.69 Å². The predicted molar refractivity (Wildman–Crippen MR) is 89.1 cm³/mol. The van der Waals surface area contributed by atoms with Crippen molar-refractivity contribution < 1.29 is 0 Å². The Morgan fingerprint density at radius 1 is 1.29 bits per heavy atom. The Labute approximate surface area is 132 Å². The van der Waals surface area contributed by atoms with Crippen molar-refractivity contribution in [1.29, 1.82) is 0 Å². The molecule has 0 radical (unpaired) electrons. The smallest absolute Gasteiger partial charge is 0.0624 e. The van der Waals surface area contributed by atoms with E-state index in [2.05, 4.69) is 47.1 Å². The summed E-state index contributed by atoms with van der Waals surface area (Å²) in [6.07, 6.45) is 1.92. The number of nitrogens with zero attached hydrogens (tertiary/aromatic N) is 2. The molecule has 0 amide bonds. The fraction of sp³-hybridized carbons (Fsp3) is 0.471. The lowest BCUT2D eigenvalue weighted by atomic mass is 9.93. The summed E-state index contributed by atoms with van der Waals surface area (Å²) in [7, 11) is 1.98. The number of likely N-dealkylation sites (N-methyl/N-ethyl adjacent to an activating group) is 1. The number of aryl methyl sites for hydroxylation is 2. The topological polar surface area (TPSA) is 29.9 Å². The molecule has 1 heterocycles. The van der Waals surface area contributed by atoms with Gasteiger partial charge in [-0.3, -0.25) is 4.68 Å². The molecule has 0 saturated carbocycles. The standard InChI is InChI=1S/C17H24ClN3/c1-4-14-11-15(21(5-2)20-14)10-13(12-19-3)16-8-6-7-9-17(16)18/h6-9,11,13,19H,4-5,10,12H2,1-3H3. The van der Waals surface area contributed by atoms with Crippen LogP contribution in [0.5, 0.6) is 0 Å². The van der Waals surface area contributed by atoms with E-state index in [1.165, 1.54) is 11.3 Å². The van der Waals surface area contributed by atoms with Crippen molar-refractivity contribution in [2.24, 2.45) is 0 Å². The highest BCUT2D eigenvalue weighted by Gasteiger charge is 2.17. The summed E-state index contributed by atoms with van der Waals surface area (Å²) in [6, 6.07) is 10.3. The van der Waals surface area contributed by atoms with E-state index in [0.29, 0.717) is 5.92 Å². The van der Waals surface area contributed by atoms with Crippen molar-refractivity contribution in [3.05, 3.63) is 52.3 Å². The van der Waals surface area contributed by atoms with Gasteiger partial charge in [0, 0.05) is 29.7 Å². The third-order valence-electron chi connectivity index (χ3n) is 3.83. The molecule has 2 rings (SSSR count). The van der Waals surface area contributed by atoms with Crippen molar-refractivity contribution in [3.63, 3.8) is 0 Å². The van der Waals surface area contributed by atoms with Crippen LogP contribution in [-0.4, -0.2) is 23.4 Å². The third-order valence-corrected chi connectivity index (χ3v) is 4.17. The number of nitrogens with one attached hydrogen (secondary N) is 1. The molecule has 4 heteroatoms. The molecule has 0 spiro atoms. The molecule has 0 saturated heterocycles. The van der Waals surface area contributed by atoms with Crippen LogP contribution in [0, 0.1) is 0 Å². The fourth-order valence-electron chi connectivity index (χ4n) is 2.72. The minimum atomic E-state index is 0.357. The van der Waals surface area contributed by atoms with Gasteiger partial charge in [-0.2, -0.15) is 5.10 Å². The Kier molecular flexibility index (Phi) is 5.83. The highest BCUT2D eigenvalue weighted by Crippen LogP contribution is 2.27. The summed E-state index contributed by atoms with van der Waals surface area (Å²) in [6.45, 7) is 6.09. The zero-order valence-electron chi connectivity index (χ0n) is 13.1. The molecule has 1 atom stereocenters. The summed E-state index contributed by atoms with van der Waals surface area (Å²) >= 11 is 6.38. The molecule has 3 nitrogen and oxygen atoms in total. The first-order valence-electron chi connectivity index (χ1n) is 7.64. The van der Waals surface area contributed by atoms with Crippen LogP contribution in [0.3, 0.4) is 0 Å². The van der Waals surface area contributed by atoms with E-state index in [4.69, 9.17) is 11.6 Å². The van der Waals surface area contributed by atoms with Gasteiger partial charge < -0.3 is 5.32 Å². The van der Waals surface area contributed by atoms with Gasteiger partial charge in [0.25, 0.3) is 0 Å². The molecule has 2 aromatic rings. The summed E-state index contributed by atoms with van der Waals surface area (Å²) in [5.74, 6) is 0.357. The quantitative estimate of drug-likeness (QED) is 0.846. The monoisotopic (exact) mass is 305 g/mol. The van der Waals surface area contributed by atoms with Crippen LogP contribution in [0.1, 0.15) is 36.7 Å². The van der Waals surface area contributed by atoms with Crippen LogP contribution in [0.4, 0.5) is 0 Å². The molecule has 1 aromatic heterocycles. The van der Waals surface area contributed by atoms with Gasteiger partial charge in [-0.05, 0) is 44.5 Å². The van der Waals surface area contributed by atoms with E-state index in [1.807, 2.05) is 19.2 Å². The van der Waals surface area contributed by atoms with Crippen molar-refractivity contribution in [2.45, 2.75) is 39.2 Å². The number of halogens is 1. The molecular formula is C17H24ClN3. The maximum absolute atomic E-state index is 6.38. The Morgan fingerprint density at radius 2 is 2.05 bits per heavy atom. The maximum Gasteiger partial charge on any atom is 0.0624 e. The van der Waals surface area contributed by atoms with Crippen LogP contribution in [0.2, 0.25) is 5.02 Å². The van der Waals surface area contributed by atoms with Crippen LogP contribution in [0.25, 0.3) is 0 Å². The first kappa shape index (κ1) is 16.1. The molecule has 0 bridgehead atoms. The Bertz CT molecular complexity index is 577. The number of hydrogen-bond donors (Lipinski definition) is 1. The zero-order chi connectivity index (χ0) is 15.2. The van der Waals surface area contributed by atoms with Crippen molar-refractivity contribution >= 4 is 11.6 Å². The molecule has 114 valence electrons. The first-order valence-corrected chi connectivity index (χ1v) is 8.02. The number of benzene rings is 1. The molecule has 0 aliphatic carbocycles. The van der Waals surface area contributed by atoms with Gasteiger partial charge in [-0.1, -0.05) is 36.7 Å². The molecular weight excluding hydrogens is 282 g/mol. The summed E-state index contributed by atoms with van der Waals surface area (Å²) in [5.41, 5.74) is 3.65. The lowest BCUT2D eigenvalue weighted by Crippen LogP contribution is -2.20. The second kappa shape index (κ2) is 7.62. The van der Waals surface area contributed by atoms with E-state index >= 15 is 0 Å². The maximum atomic E-state index is 6.38. The number of rotatable bonds is 7. The van der Waals surface area contributed by atoms with Crippen LogP contribution >= 0.6 is 11.6 Å². The molecule has 1 aromatic carbocycles. The fourth-order valence-corrected chi connectivity index (χ4v) is 3.01. The average molecular weight is 306 g/mol. The number of hydrogen-bond acceptors (Lipinski definition) is 2. The van der Waals surface area contributed by atoms with Gasteiger partial charge >= 0.3 is 0 Å². The third kappa shape index (κ3) is 3.86. The average Bonchev–Trinajstić information content (AvgIpc) is 2.89. The van der Waals surface area contributed by atoms with E-state index in [-0.39, 0.29) is 0 Å². The molecule has 0 aliphatic rings. The van der Waals surface area contributed by atoms with E-state index < -0.39 is 0 Å². The van der Waals surface area contributed by atoms with Crippen molar-refractivity contribution in [3.8, 4) is 0 Å². The first-order chi connectivity index (χ1) is 10.2. The van der Waals surface area contributed by atoms with Crippen LogP contribution in [0.15, 0.2) is 30.3 Å². The largest absolute Gasteiger partial charge is 0.319 e. The van der Waals surface area contributed by atoms with Gasteiger partial charge in [0.1, 0.15) is 0 Å². The Balaban J connectivity index is 2.28. The molecule has 0 aliphatic heterocycles. The summed E-state index contributed by atoms with van der Waals surface area (Å²) in [5, 5.41) is 8.77. The van der Waals surface area contributed by atoms with E-state index in [9.17, 15) is 0 Å². The molecule has 21 heavy (non-hydrogen) atoms. The lowest BCUT2D eigenvalue weighted by Gasteiger charge is -2.19. The Morgan fingerprint density at radius 3 is 2.67 bits per heavy atom. The zero-order valence-corrected chi connectivity index (χ0v) is 13.8. The summed E-state index contributed by atoms with van der Waals surface area (Å²) < 4.78 is 2.11. The molecule has 1 unspecified atom stereocenters. The normalized spacial score (nSPS) is 12.6. The van der Waals surface area contributed by atoms with Crippen molar-refractivity contribution in [1.82, 2.24) is 15.1 Å². The second-order valence-corrected chi connectivity index (χ2v) is 5.68. The molecule has 0 fully saturated rings. The summed E-state index contributed by atoms with van der Waals surface area (Å²) in [4.78, 5) is 0. The number of aromatic nitrogens is 2. The SMILES string of the molecule is CCc1cc(CC(CNC)c2ccccc2Cl)n(CC)n1. The molecule has 1 N–H and O–H groups in total.